The van der Waals surface area contributed by atoms with Gasteiger partial charge in [0.25, 0.3) is 0 Å². The first-order valence-corrected chi connectivity index (χ1v) is 3.16. The number of hydrogen-bond donors (Lipinski definition) is 2. The number of pyridine rings is 1. The number of nitrogens with zero attached hydrogens (tertiary/aromatic N) is 1. The molecule has 0 atom stereocenters. The highest BCUT2D eigenvalue weighted by molar-refractivity contribution is 5.84. The van der Waals surface area contributed by atoms with Gasteiger partial charge in [-0.15, -0.1) is 0 Å². The number of hydrogen-bond acceptors (Lipinski definition) is 3. The molecule has 1 rings (SSSR count). The highest BCUT2D eigenvalue weighted by Crippen LogP contribution is 2.08. The summed E-state index contributed by atoms with van der Waals surface area (Å²) in [4.78, 5) is 3.88. The van der Waals surface area contributed by atoms with E-state index in [1.54, 1.807) is 18.3 Å². The third-order valence-corrected chi connectivity index (χ3v) is 1.36. The Morgan fingerprint density at radius 1 is 1.73 bits per heavy atom. The Kier molecular flexibility index (Phi) is 2.01. The Hall–Kier alpha value is -1.64. The second-order valence-corrected chi connectivity index (χ2v) is 2.09. The molecular formula is C8H11N3. The minimum Gasteiger partial charge on any atom is -0.383 e. The third-order valence-electron chi connectivity index (χ3n) is 1.36. The zero-order valence-corrected chi connectivity index (χ0v) is 6.04. The second-order valence-electron chi connectivity index (χ2n) is 2.09. The van der Waals surface area contributed by atoms with Crippen molar-refractivity contribution in [3.05, 3.63) is 30.0 Å². The maximum atomic E-state index is 6.98. The lowest BCUT2D eigenvalue weighted by Gasteiger charge is -1.98. The van der Waals surface area contributed by atoms with Crippen LogP contribution in [0.2, 0.25) is 0 Å². The standard InChI is InChI=1S/C8H9N3.H2/c1-2-6-3-7(4-9)8(10)11-5-6;/h2-5,9H,1H2,(H2,10,11);1H. The van der Waals surface area contributed by atoms with E-state index in [1.165, 1.54) is 6.21 Å². The van der Waals surface area contributed by atoms with Gasteiger partial charge in [0.2, 0.25) is 0 Å². The van der Waals surface area contributed by atoms with Crippen molar-refractivity contribution in [2.45, 2.75) is 0 Å². The van der Waals surface area contributed by atoms with Crippen LogP contribution < -0.4 is 5.73 Å². The Morgan fingerprint density at radius 3 is 3.00 bits per heavy atom. The second kappa shape index (κ2) is 2.96. The van der Waals surface area contributed by atoms with E-state index in [-0.39, 0.29) is 1.43 Å². The van der Waals surface area contributed by atoms with Gasteiger partial charge < -0.3 is 11.1 Å². The summed E-state index contributed by atoms with van der Waals surface area (Å²) in [6.45, 7) is 3.58. The van der Waals surface area contributed by atoms with E-state index in [0.717, 1.165) is 5.56 Å². The monoisotopic (exact) mass is 149 g/mol. The number of nitrogens with two attached hydrogens (primary N) is 1. The molecule has 0 radical (unpaired) electrons. The highest BCUT2D eigenvalue weighted by atomic mass is 14.8. The SMILES string of the molecule is C=Cc1cnc(N)c(C=N)c1.[HH]. The average Bonchev–Trinajstić information content (AvgIpc) is 2.05. The van der Waals surface area contributed by atoms with E-state index in [2.05, 4.69) is 11.6 Å². The molecule has 3 heteroatoms. The molecule has 1 heterocycles. The fourth-order valence-electron chi connectivity index (χ4n) is 0.737. The Labute approximate surface area is 66.6 Å². The summed E-state index contributed by atoms with van der Waals surface area (Å²) in [6, 6.07) is 1.77. The van der Waals surface area contributed by atoms with E-state index in [1.807, 2.05) is 0 Å². The summed E-state index contributed by atoms with van der Waals surface area (Å²) in [5.41, 5.74) is 6.96. The Balaban J connectivity index is 0.00000121. The van der Waals surface area contributed by atoms with Gasteiger partial charge in [0, 0.05) is 19.4 Å². The summed E-state index contributed by atoms with van der Waals surface area (Å²) in [7, 11) is 0. The Bertz CT molecular complexity index is 296. The summed E-state index contributed by atoms with van der Waals surface area (Å²) in [5, 5.41) is 6.98. The van der Waals surface area contributed by atoms with E-state index in [4.69, 9.17) is 11.1 Å². The van der Waals surface area contributed by atoms with Gasteiger partial charge in [-0.1, -0.05) is 12.7 Å². The van der Waals surface area contributed by atoms with Gasteiger partial charge in [-0.2, -0.15) is 0 Å². The molecule has 0 spiro atoms. The van der Waals surface area contributed by atoms with E-state index < -0.39 is 0 Å². The lowest BCUT2D eigenvalue weighted by atomic mass is 10.2. The zero-order valence-electron chi connectivity index (χ0n) is 6.04. The van der Waals surface area contributed by atoms with E-state index in [9.17, 15) is 0 Å². The summed E-state index contributed by atoms with van der Waals surface area (Å²) >= 11 is 0. The van der Waals surface area contributed by atoms with Gasteiger partial charge in [0.1, 0.15) is 5.82 Å². The fourth-order valence-corrected chi connectivity index (χ4v) is 0.737. The van der Waals surface area contributed by atoms with Crippen molar-refractivity contribution >= 4 is 18.1 Å². The van der Waals surface area contributed by atoms with Crippen LogP contribution in [0.5, 0.6) is 0 Å². The molecule has 3 N–H and O–H groups in total. The molecule has 0 bridgehead atoms. The number of anilines is 1. The molecule has 0 saturated carbocycles. The largest absolute Gasteiger partial charge is 0.383 e. The molecule has 0 unspecified atom stereocenters. The van der Waals surface area contributed by atoms with Crippen LogP contribution in [0.15, 0.2) is 18.8 Å². The van der Waals surface area contributed by atoms with Crippen LogP contribution in [0.25, 0.3) is 6.08 Å². The molecular weight excluding hydrogens is 138 g/mol. The lowest BCUT2D eigenvalue weighted by molar-refractivity contribution is 1.31. The molecule has 0 amide bonds. The van der Waals surface area contributed by atoms with Crippen molar-refractivity contribution in [3.63, 3.8) is 0 Å². The van der Waals surface area contributed by atoms with E-state index in [0.29, 0.717) is 11.4 Å². The van der Waals surface area contributed by atoms with Crippen molar-refractivity contribution in [3.8, 4) is 0 Å². The van der Waals surface area contributed by atoms with Crippen LogP contribution in [-0.4, -0.2) is 11.2 Å². The molecule has 1 aromatic heterocycles. The maximum absolute atomic E-state index is 6.98. The van der Waals surface area contributed by atoms with Crippen molar-refractivity contribution in [1.82, 2.24) is 4.98 Å². The van der Waals surface area contributed by atoms with E-state index >= 15 is 0 Å². The number of aromatic nitrogens is 1. The molecule has 58 valence electrons. The first-order chi connectivity index (χ1) is 5.27. The normalized spacial score (nSPS) is 9.09. The highest BCUT2D eigenvalue weighted by Gasteiger charge is 1.95. The fraction of sp³-hybridized carbons (Fsp3) is 0. The quantitative estimate of drug-likeness (QED) is 0.626. The smallest absolute Gasteiger partial charge is 0.132 e. The molecule has 3 nitrogen and oxygen atoms in total. The molecule has 11 heavy (non-hydrogen) atoms. The summed E-state index contributed by atoms with van der Waals surface area (Å²) < 4.78 is 0. The van der Waals surface area contributed by atoms with Crippen molar-refractivity contribution in [2.75, 3.05) is 5.73 Å². The molecule has 0 saturated heterocycles. The molecule has 0 aromatic carbocycles. The molecule has 0 aliphatic carbocycles. The zero-order chi connectivity index (χ0) is 8.27. The Morgan fingerprint density at radius 2 is 2.45 bits per heavy atom. The molecule has 0 fully saturated rings. The van der Waals surface area contributed by atoms with Crippen molar-refractivity contribution < 1.29 is 1.43 Å². The van der Waals surface area contributed by atoms with Crippen molar-refractivity contribution in [1.29, 1.82) is 5.41 Å². The first kappa shape index (κ1) is 7.47. The summed E-state index contributed by atoms with van der Waals surface area (Å²) in [6.07, 6.45) is 4.46. The van der Waals surface area contributed by atoms with Gasteiger partial charge >= 0.3 is 0 Å². The van der Waals surface area contributed by atoms with Gasteiger partial charge in [0.15, 0.2) is 0 Å². The minimum absolute atomic E-state index is 0. The average molecular weight is 149 g/mol. The van der Waals surface area contributed by atoms with Crippen molar-refractivity contribution in [2.24, 2.45) is 0 Å². The van der Waals surface area contributed by atoms with Crippen LogP contribution in [0.4, 0.5) is 5.82 Å². The van der Waals surface area contributed by atoms with Crippen LogP contribution in [0.3, 0.4) is 0 Å². The number of rotatable bonds is 2. The first-order valence-electron chi connectivity index (χ1n) is 3.16. The number of nitrogens with one attached hydrogen (secondary N) is 1. The molecule has 1 aromatic rings. The van der Waals surface area contributed by atoms with Gasteiger partial charge in [0.05, 0.1) is 0 Å². The van der Waals surface area contributed by atoms with Gasteiger partial charge in [-0.05, 0) is 11.6 Å². The topological polar surface area (TPSA) is 62.8 Å². The molecule has 0 aliphatic heterocycles. The lowest BCUT2D eigenvalue weighted by Crippen LogP contribution is -1.96. The third kappa shape index (κ3) is 1.43. The predicted octanol–water partition coefficient (Wildman–Crippen LogP) is 1.55. The van der Waals surface area contributed by atoms with Crippen LogP contribution in [0.1, 0.15) is 12.6 Å². The maximum Gasteiger partial charge on any atom is 0.132 e. The van der Waals surface area contributed by atoms with Crippen LogP contribution in [0, 0.1) is 5.41 Å². The van der Waals surface area contributed by atoms with Gasteiger partial charge in [-0.3, -0.25) is 0 Å². The predicted molar refractivity (Wildman–Crippen MR) is 48.7 cm³/mol. The van der Waals surface area contributed by atoms with Gasteiger partial charge in [-0.25, -0.2) is 4.98 Å². The van der Waals surface area contributed by atoms with Crippen LogP contribution in [-0.2, 0) is 0 Å². The van der Waals surface area contributed by atoms with Crippen LogP contribution >= 0.6 is 0 Å². The minimum atomic E-state index is 0. The number of nitrogen functional groups attached to an aromatic ring is 1. The summed E-state index contributed by atoms with van der Waals surface area (Å²) in [5.74, 6) is 0.380. The molecule has 0 aliphatic rings.